The Kier molecular flexibility index (Phi) is 7.83. The molecule has 0 amide bonds. The second-order valence-corrected chi connectivity index (χ2v) is 17.0. The van der Waals surface area contributed by atoms with Crippen molar-refractivity contribution in [3.8, 4) is 22.3 Å². The lowest BCUT2D eigenvalue weighted by Gasteiger charge is -2.33. The Labute approximate surface area is 349 Å². The second-order valence-electron chi connectivity index (χ2n) is 15.9. The van der Waals surface area contributed by atoms with Crippen LogP contribution in [-0.4, -0.2) is 0 Å². The molecule has 0 fully saturated rings. The fraction of sp³-hybridized carbons (Fsp3) is 0.0526. The molecule has 1 heterocycles. The van der Waals surface area contributed by atoms with Crippen molar-refractivity contribution < 1.29 is 0 Å². The van der Waals surface area contributed by atoms with E-state index in [4.69, 9.17) is 0 Å². The number of thiophene rings is 1. The summed E-state index contributed by atoms with van der Waals surface area (Å²) in [5.41, 5.74) is 17.8. The molecule has 1 aromatic heterocycles. The second kappa shape index (κ2) is 13.6. The number of rotatable bonds is 6. The molecular weight excluding hydrogens is 731 g/mol. The summed E-state index contributed by atoms with van der Waals surface area (Å²) in [6.07, 6.45) is 0.982. The highest BCUT2D eigenvalue weighted by Gasteiger charge is 2.46. The highest BCUT2D eigenvalue weighted by molar-refractivity contribution is 7.26. The number of anilines is 3. The van der Waals surface area contributed by atoms with Crippen molar-refractivity contribution in [2.45, 2.75) is 17.8 Å². The van der Waals surface area contributed by atoms with Crippen molar-refractivity contribution in [1.29, 1.82) is 0 Å². The first-order chi connectivity index (χ1) is 29.3. The van der Waals surface area contributed by atoms with Crippen LogP contribution in [0.15, 0.2) is 218 Å². The normalized spacial score (nSPS) is 14.7. The summed E-state index contributed by atoms with van der Waals surface area (Å²) in [6.45, 7) is 0. The summed E-state index contributed by atoms with van der Waals surface area (Å²) >= 11 is 1.91. The van der Waals surface area contributed by atoms with E-state index in [0.717, 1.165) is 17.8 Å². The quantitative estimate of drug-likeness (QED) is 0.163. The molecule has 59 heavy (non-hydrogen) atoms. The number of benzene rings is 9. The molecule has 10 aromatic rings. The minimum absolute atomic E-state index is 0.334. The molecule has 0 bridgehead atoms. The van der Waals surface area contributed by atoms with Gasteiger partial charge in [0.1, 0.15) is 0 Å². The first kappa shape index (κ1) is 34.1. The maximum Gasteiger partial charge on any atom is 0.0714 e. The van der Waals surface area contributed by atoms with E-state index >= 15 is 0 Å². The van der Waals surface area contributed by atoms with Gasteiger partial charge in [0.2, 0.25) is 0 Å². The maximum absolute atomic E-state index is 2.49. The summed E-state index contributed by atoms with van der Waals surface area (Å²) in [7, 11) is 0. The van der Waals surface area contributed by atoms with Gasteiger partial charge in [0.25, 0.3) is 0 Å². The monoisotopic (exact) mass is 769 g/mol. The van der Waals surface area contributed by atoms with Gasteiger partial charge in [-0.1, -0.05) is 182 Å². The van der Waals surface area contributed by atoms with Crippen LogP contribution >= 0.6 is 11.3 Å². The van der Waals surface area contributed by atoms with E-state index in [1.54, 1.807) is 0 Å². The van der Waals surface area contributed by atoms with Crippen molar-refractivity contribution in [2.24, 2.45) is 0 Å². The topological polar surface area (TPSA) is 3.24 Å². The minimum atomic E-state index is -0.434. The molecule has 2 heteroatoms. The molecule has 0 radical (unpaired) electrons. The van der Waals surface area contributed by atoms with E-state index in [1.807, 2.05) is 11.3 Å². The molecule has 2 aliphatic rings. The Morgan fingerprint density at radius 1 is 0.441 bits per heavy atom. The van der Waals surface area contributed by atoms with Crippen LogP contribution in [0.4, 0.5) is 17.1 Å². The molecule has 0 N–H and O–H groups in total. The average Bonchev–Trinajstić information content (AvgIpc) is 3.84. The van der Waals surface area contributed by atoms with E-state index in [2.05, 4.69) is 223 Å². The average molecular weight is 770 g/mol. The zero-order chi connectivity index (χ0) is 38.9. The van der Waals surface area contributed by atoms with Crippen LogP contribution in [0.2, 0.25) is 0 Å². The highest BCUT2D eigenvalue weighted by Crippen LogP contribution is 2.57. The number of fused-ring (bicyclic) bond motifs is 9. The molecular formula is C57H39NS. The van der Waals surface area contributed by atoms with Crippen molar-refractivity contribution in [3.63, 3.8) is 0 Å². The summed E-state index contributed by atoms with van der Waals surface area (Å²) in [4.78, 5) is 2.47. The lowest BCUT2D eigenvalue weighted by Crippen LogP contribution is -2.28. The highest BCUT2D eigenvalue weighted by atomic mass is 32.1. The number of hydrogen-bond donors (Lipinski definition) is 0. The third-order valence-electron chi connectivity index (χ3n) is 12.9. The Balaban J connectivity index is 1.04. The smallest absolute Gasteiger partial charge is 0.0714 e. The van der Waals surface area contributed by atoms with Gasteiger partial charge in [0, 0.05) is 32.8 Å². The zero-order valence-corrected chi connectivity index (χ0v) is 33.2. The first-order valence-corrected chi connectivity index (χ1v) is 21.4. The molecule has 278 valence electrons. The zero-order valence-electron chi connectivity index (χ0n) is 32.4. The fourth-order valence-electron chi connectivity index (χ4n) is 10.4. The van der Waals surface area contributed by atoms with Gasteiger partial charge in [-0.15, -0.1) is 11.3 Å². The summed E-state index contributed by atoms with van der Waals surface area (Å²) in [6, 6.07) is 81.3. The Bertz CT molecular complexity index is 3150. The molecule has 9 aromatic carbocycles. The van der Waals surface area contributed by atoms with Crippen LogP contribution < -0.4 is 4.90 Å². The maximum atomic E-state index is 2.49. The number of hydrogen-bond acceptors (Lipinski definition) is 2. The lowest BCUT2D eigenvalue weighted by molar-refractivity contribution is 0.770. The van der Waals surface area contributed by atoms with E-state index in [1.165, 1.54) is 87.1 Å². The van der Waals surface area contributed by atoms with Crippen LogP contribution in [0.1, 0.15) is 44.9 Å². The third kappa shape index (κ3) is 5.16. The summed E-state index contributed by atoms with van der Waals surface area (Å²) in [5.74, 6) is 0.334. The molecule has 0 saturated heterocycles. The van der Waals surface area contributed by atoms with Crippen LogP contribution in [0.25, 0.3) is 42.4 Å². The molecule has 0 spiro atoms. The lowest BCUT2D eigenvalue weighted by atomic mass is 9.67. The van der Waals surface area contributed by atoms with Crippen molar-refractivity contribution in [2.75, 3.05) is 4.90 Å². The Hall–Kier alpha value is -7.00. The molecule has 1 nitrogen and oxygen atoms in total. The molecule has 1 atom stereocenters. The van der Waals surface area contributed by atoms with Gasteiger partial charge in [-0.25, -0.2) is 0 Å². The van der Waals surface area contributed by atoms with E-state index in [9.17, 15) is 0 Å². The largest absolute Gasteiger partial charge is 0.309 e. The number of para-hydroxylation sites is 1. The Morgan fingerprint density at radius 3 is 1.83 bits per heavy atom. The van der Waals surface area contributed by atoms with Crippen molar-refractivity contribution in [1.82, 2.24) is 0 Å². The van der Waals surface area contributed by atoms with Crippen molar-refractivity contribution >= 4 is 48.6 Å². The van der Waals surface area contributed by atoms with Crippen molar-refractivity contribution in [3.05, 3.63) is 257 Å². The molecule has 1 unspecified atom stereocenters. The van der Waals surface area contributed by atoms with Gasteiger partial charge in [-0.3, -0.25) is 0 Å². The van der Waals surface area contributed by atoms with Crippen LogP contribution in [0.5, 0.6) is 0 Å². The summed E-state index contributed by atoms with van der Waals surface area (Å²) < 4.78 is 2.58. The molecule has 2 aliphatic carbocycles. The van der Waals surface area contributed by atoms with E-state index < -0.39 is 5.41 Å². The third-order valence-corrected chi connectivity index (χ3v) is 14.1. The molecule has 0 aliphatic heterocycles. The van der Waals surface area contributed by atoms with Crippen LogP contribution in [0.3, 0.4) is 0 Å². The minimum Gasteiger partial charge on any atom is -0.309 e. The first-order valence-electron chi connectivity index (χ1n) is 20.6. The van der Waals surface area contributed by atoms with E-state index in [0.29, 0.717) is 5.92 Å². The van der Waals surface area contributed by atoms with Gasteiger partial charge in [0.15, 0.2) is 0 Å². The van der Waals surface area contributed by atoms with Crippen LogP contribution in [0, 0.1) is 0 Å². The Morgan fingerprint density at radius 2 is 1.08 bits per heavy atom. The van der Waals surface area contributed by atoms with Crippen LogP contribution in [-0.2, 0) is 11.8 Å². The SMILES string of the molecule is c1ccc(C2Cc3ccc(N(c4ccccc4)c4cccc5c4sc4cc(C6(c7ccccc7)c7ccccc7-c7ccccc76)ccc45)cc3-c3ccccc32)cc1. The molecule has 0 saturated carbocycles. The summed E-state index contributed by atoms with van der Waals surface area (Å²) in [5, 5.41) is 2.57. The fourth-order valence-corrected chi connectivity index (χ4v) is 11.6. The van der Waals surface area contributed by atoms with Gasteiger partial charge in [0.05, 0.1) is 15.8 Å². The number of nitrogens with zero attached hydrogens (tertiary/aromatic N) is 1. The van der Waals surface area contributed by atoms with Gasteiger partial charge in [-0.05, 0) is 104 Å². The van der Waals surface area contributed by atoms with E-state index in [-0.39, 0.29) is 0 Å². The predicted molar refractivity (Wildman–Crippen MR) is 249 cm³/mol. The van der Waals surface area contributed by atoms with Gasteiger partial charge >= 0.3 is 0 Å². The van der Waals surface area contributed by atoms with Gasteiger partial charge < -0.3 is 4.90 Å². The van der Waals surface area contributed by atoms with Gasteiger partial charge in [-0.2, -0.15) is 0 Å². The predicted octanol–water partition coefficient (Wildman–Crippen LogP) is 15.2. The molecule has 12 rings (SSSR count). The standard InChI is InChI=1S/C57H39NS/c1-4-17-38(18-5-1)50-35-39-31-33-43(37-51(39)45-24-11-10-23-44(45)50)58(42-21-8-3-9-22-42)54-30-16-27-49-48-34-32-41(36-55(48)59-56(49)54)57(40-19-6-2-7-20-40)52-28-14-12-25-46(52)47-26-13-15-29-53(47)57/h1-34,36-37,50H,35H2.